The van der Waals surface area contributed by atoms with E-state index in [9.17, 15) is 5.11 Å². The predicted molar refractivity (Wildman–Crippen MR) is 111 cm³/mol. The van der Waals surface area contributed by atoms with Crippen molar-refractivity contribution in [3.05, 3.63) is 59.2 Å². The fourth-order valence-corrected chi connectivity index (χ4v) is 4.25. The molecule has 1 saturated heterocycles. The molecule has 1 fully saturated rings. The van der Waals surface area contributed by atoms with E-state index < -0.39 is 0 Å². The van der Waals surface area contributed by atoms with Crippen molar-refractivity contribution < 1.29 is 14.6 Å². The zero-order valence-corrected chi connectivity index (χ0v) is 16.6. The van der Waals surface area contributed by atoms with Crippen molar-refractivity contribution in [1.82, 2.24) is 4.90 Å². The Bertz CT molecular complexity index is 770. The number of ether oxygens (including phenoxy) is 2. The van der Waals surface area contributed by atoms with Crippen molar-refractivity contribution in [1.29, 1.82) is 0 Å². The van der Waals surface area contributed by atoms with Crippen LogP contribution in [0.1, 0.15) is 29.2 Å². The minimum atomic E-state index is 0.108. The minimum Gasteiger partial charge on any atom is -0.497 e. The maximum atomic E-state index is 9.36. The molecule has 5 heteroatoms. The number of nitrogens with zero attached hydrogens (tertiary/aromatic N) is 2. The number of benzene rings is 2. The average Bonchev–Trinajstić information content (AvgIpc) is 2.77. The number of aliphatic hydroxyl groups is 1. The van der Waals surface area contributed by atoms with Crippen molar-refractivity contribution in [2.45, 2.75) is 25.6 Å². The second-order valence-electron chi connectivity index (χ2n) is 7.62. The van der Waals surface area contributed by atoms with E-state index >= 15 is 0 Å². The number of hydrogen-bond acceptors (Lipinski definition) is 5. The van der Waals surface area contributed by atoms with Gasteiger partial charge in [-0.25, -0.2) is 0 Å². The molecule has 1 unspecified atom stereocenters. The molecule has 0 radical (unpaired) electrons. The summed E-state index contributed by atoms with van der Waals surface area (Å²) in [5.74, 6) is 0.904. The largest absolute Gasteiger partial charge is 0.497 e. The Morgan fingerprint density at radius 2 is 1.86 bits per heavy atom. The van der Waals surface area contributed by atoms with E-state index in [2.05, 4.69) is 34.1 Å². The molecular weight excluding hydrogens is 352 g/mol. The Morgan fingerprint density at radius 1 is 1.07 bits per heavy atom. The van der Waals surface area contributed by atoms with Gasteiger partial charge < -0.3 is 19.5 Å². The zero-order valence-electron chi connectivity index (χ0n) is 16.6. The molecule has 2 aliphatic rings. The Kier molecular flexibility index (Phi) is 6.15. The topological polar surface area (TPSA) is 45.2 Å². The lowest BCUT2D eigenvalue weighted by Crippen LogP contribution is -2.46. The highest BCUT2D eigenvalue weighted by Gasteiger charge is 2.23. The molecule has 2 aromatic carbocycles. The fraction of sp³-hybridized carbons (Fsp3) is 0.478. The molecule has 0 aliphatic carbocycles. The van der Waals surface area contributed by atoms with E-state index in [4.69, 9.17) is 9.47 Å². The van der Waals surface area contributed by atoms with Gasteiger partial charge in [-0.2, -0.15) is 0 Å². The van der Waals surface area contributed by atoms with Gasteiger partial charge in [0.25, 0.3) is 0 Å². The molecule has 0 amide bonds. The number of rotatable bonds is 6. The van der Waals surface area contributed by atoms with E-state index in [1.807, 2.05) is 18.2 Å². The molecule has 0 aromatic heterocycles. The molecular formula is C23H30N2O3. The summed E-state index contributed by atoms with van der Waals surface area (Å²) < 4.78 is 11.3. The van der Waals surface area contributed by atoms with Crippen LogP contribution in [0.15, 0.2) is 42.5 Å². The number of aliphatic hydroxyl groups excluding tert-OH is 1. The molecule has 0 saturated carbocycles. The summed E-state index contributed by atoms with van der Waals surface area (Å²) in [7, 11) is 1.70. The van der Waals surface area contributed by atoms with Gasteiger partial charge in [-0.15, -0.1) is 0 Å². The Labute approximate surface area is 167 Å². The predicted octanol–water partition coefficient (Wildman–Crippen LogP) is 3.01. The smallest absolute Gasteiger partial charge is 0.119 e. The molecule has 4 rings (SSSR count). The van der Waals surface area contributed by atoms with Crippen LogP contribution in [-0.2, 0) is 17.8 Å². The molecule has 1 atom stereocenters. The average molecular weight is 383 g/mol. The first-order chi connectivity index (χ1) is 13.8. The van der Waals surface area contributed by atoms with E-state index in [1.165, 1.54) is 16.8 Å². The summed E-state index contributed by atoms with van der Waals surface area (Å²) in [6.45, 7) is 6.20. The van der Waals surface area contributed by atoms with Crippen molar-refractivity contribution in [2.24, 2.45) is 0 Å². The Hall–Kier alpha value is -2.08. The lowest BCUT2D eigenvalue weighted by molar-refractivity contribution is 0.0288. The van der Waals surface area contributed by atoms with E-state index in [-0.39, 0.29) is 12.7 Å². The van der Waals surface area contributed by atoms with Crippen molar-refractivity contribution >= 4 is 5.69 Å². The highest BCUT2D eigenvalue weighted by Crippen LogP contribution is 2.31. The maximum Gasteiger partial charge on any atom is 0.119 e. The number of piperazine rings is 1. The standard InChI is InChI=1S/C23H30N2O3/c1-27-21-5-3-20(4-6-21)25-13-11-24(12-14-25)10-8-23-22-7-2-18(17-26)16-19(22)9-15-28-23/h2-7,16,23,26H,8-15,17H2,1H3. The maximum absolute atomic E-state index is 9.36. The Balaban J connectivity index is 1.29. The van der Waals surface area contributed by atoms with E-state index in [1.54, 1.807) is 7.11 Å². The van der Waals surface area contributed by atoms with Gasteiger partial charge in [0.05, 0.1) is 26.4 Å². The highest BCUT2D eigenvalue weighted by molar-refractivity contribution is 5.49. The van der Waals surface area contributed by atoms with Crippen LogP contribution in [0.4, 0.5) is 5.69 Å². The minimum absolute atomic E-state index is 0.108. The lowest BCUT2D eigenvalue weighted by atomic mass is 9.94. The van der Waals surface area contributed by atoms with Gasteiger partial charge in [0.15, 0.2) is 0 Å². The van der Waals surface area contributed by atoms with Gasteiger partial charge in [0.2, 0.25) is 0 Å². The van der Waals surface area contributed by atoms with Crippen LogP contribution in [0.5, 0.6) is 5.75 Å². The molecule has 150 valence electrons. The molecule has 2 aromatic rings. The van der Waals surface area contributed by atoms with Gasteiger partial charge in [-0.05, 0) is 53.8 Å². The summed E-state index contributed by atoms with van der Waals surface area (Å²) in [6.07, 6.45) is 2.14. The van der Waals surface area contributed by atoms with Gasteiger partial charge in [0.1, 0.15) is 5.75 Å². The van der Waals surface area contributed by atoms with Crippen molar-refractivity contribution in [2.75, 3.05) is 51.3 Å². The molecule has 2 aliphatic heterocycles. The number of anilines is 1. The highest BCUT2D eigenvalue weighted by atomic mass is 16.5. The summed E-state index contributed by atoms with van der Waals surface area (Å²) in [5.41, 5.74) is 4.91. The monoisotopic (exact) mass is 382 g/mol. The fourth-order valence-electron chi connectivity index (χ4n) is 4.25. The van der Waals surface area contributed by atoms with Gasteiger partial charge in [-0.1, -0.05) is 18.2 Å². The first kappa shape index (κ1) is 19.2. The van der Waals surface area contributed by atoms with Crippen molar-refractivity contribution in [3.63, 3.8) is 0 Å². The second-order valence-corrected chi connectivity index (χ2v) is 7.62. The van der Waals surface area contributed by atoms with E-state index in [0.717, 1.165) is 63.5 Å². The quantitative estimate of drug-likeness (QED) is 0.832. The molecule has 2 heterocycles. The van der Waals surface area contributed by atoms with Crippen LogP contribution in [0, 0.1) is 0 Å². The normalized spacial score (nSPS) is 20.1. The van der Waals surface area contributed by atoms with Gasteiger partial charge in [0, 0.05) is 38.4 Å². The number of hydrogen-bond donors (Lipinski definition) is 1. The summed E-state index contributed by atoms with van der Waals surface area (Å²) in [6, 6.07) is 14.6. The third-order valence-electron chi connectivity index (χ3n) is 5.94. The van der Waals surface area contributed by atoms with Crippen LogP contribution in [0.25, 0.3) is 0 Å². The third kappa shape index (κ3) is 4.32. The molecule has 0 spiro atoms. The Morgan fingerprint density at radius 3 is 2.57 bits per heavy atom. The zero-order chi connectivity index (χ0) is 19.3. The van der Waals surface area contributed by atoms with Crippen LogP contribution in [0.3, 0.4) is 0 Å². The van der Waals surface area contributed by atoms with Crippen molar-refractivity contribution in [3.8, 4) is 5.75 Å². The van der Waals surface area contributed by atoms with E-state index in [0.29, 0.717) is 0 Å². The van der Waals surface area contributed by atoms with Crippen LogP contribution in [0.2, 0.25) is 0 Å². The molecule has 5 nitrogen and oxygen atoms in total. The second kappa shape index (κ2) is 8.95. The molecule has 28 heavy (non-hydrogen) atoms. The lowest BCUT2D eigenvalue weighted by Gasteiger charge is -2.37. The van der Waals surface area contributed by atoms with Gasteiger partial charge in [-0.3, -0.25) is 4.90 Å². The number of methoxy groups -OCH3 is 1. The molecule has 0 bridgehead atoms. The van der Waals surface area contributed by atoms with Crippen LogP contribution >= 0.6 is 0 Å². The van der Waals surface area contributed by atoms with Gasteiger partial charge >= 0.3 is 0 Å². The van der Waals surface area contributed by atoms with Crippen LogP contribution in [-0.4, -0.2) is 56.4 Å². The number of fused-ring (bicyclic) bond motifs is 1. The summed E-state index contributed by atoms with van der Waals surface area (Å²) >= 11 is 0. The molecule has 1 N–H and O–H groups in total. The first-order valence-corrected chi connectivity index (χ1v) is 10.2. The SMILES string of the molecule is COc1ccc(N2CCN(CCC3OCCc4cc(CO)ccc43)CC2)cc1. The first-order valence-electron chi connectivity index (χ1n) is 10.2. The summed E-state index contributed by atoms with van der Waals surface area (Å²) in [5, 5.41) is 9.36. The third-order valence-corrected chi connectivity index (χ3v) is 5.94. The summed E-state index contributed by atoms with van der Waals surface area (Å²) in [4.78, 5) is 4.98. The van der Waals surface area contributed by atoms with Crippen LogP contribution < -0.4 is 9.64 Å².